The van der Waals surface area contributed by atoms with Gasteiger partial charge in [-0.3, -0.25) is 4.79 Å². The second-order valence-corrected chi connectivity index (χ2v) is 7.29. The Morgan fingerprint density at radius 1 is 1.36 bits per heavy atom. The van der Waals surface area contributed by atoms with Crippen LogP contribution in [0.3, 0.4) is 0 Å². The Hall–Kier alpha value is -1.85. The Morgan fingerprint density at radius 3 is 2.76 bits per heavy atom. The summed E-state index contributed by atoms with van der Waals surface area (Å²) in [5, 5.41) is 11.9. The van der Waals surface area contributed by atoms with Crippen LogP contribution < -0.4 is 10.6 Å². The zero-order valence-corrected chi connectivity index (χ0v) is 15.7. The molecule has 0 saturated carbocycles. The van der Waals surface area contributed by atoms with Gasteiger partial charge >= 0.3 is 0 Å². The molecule has 2 N–H and O–H groups in total. The minimum Gasteiger partial charge on any atom is -0.353 e. The second-order valence-electron chi connectivity index (χ2n) is 6.86. The molecule has 2 aromatic rings. The lowest BCUT2D eigenvalue weighted by molar-refractivity contribution is -0.121. The summed E-state index contributed by atoms with van der Waals surface area (Å²) in [6.07, 6.45) is 1.34. The topological polar surface area (TPSA) is 59.0 Å². The summed E-state index contributed by atoms with van der Waals surface area (Å²) in [7, 11) is 0. The summed E-state index contributed by atoms with van der Waals surface area (Å²) in [6.45, 7) is 8.05. The molecule has 2 unspecified atom stereocenters. The van der Waals surface area contributed by atoms with E-state index < -0.39 is 0 Å². The van der Waals surface area contributed by atoms with Gasteiger partial charge in [-0.2, -0.15) is 5.10 Å². The van der Waals surface area contributed by atoms with Gasteiger partial charge in [0.1, 0.15) is 0 Å². The third kappa shape index (κ3) is 4.05. The summed E-state index contributed by atoms with van der Waals surface area (Å²) in [5.41, 5.74) is 3.83. The molecule has 1 aromatic heterocycles. The molecule has 5 nitrogen and oxygen atoms in total. The van der Waals surface area contributed by atoms with E-state index in [1.807, 2.05) is 42.8 Å². The van der Waals surface area contributed by atoms with Crippen LogP contribution in [0.5, 0.6) is 0 Å². The highest BCUT2D eigenvalue weighted by Crippen LogP contribution is 2.20. The minimum absolute atomic E-state index is 0.0700. The molecule has 3 rings (SSSR count). The normalized spacial score (nSPS) is 20.5. The van der Waals surface area contributed by atoms with Crippen molar-refractivity contribution in [3.8, 4) is 5.69 Å². The minimum atomic E-state index is 0.0700. The number of benzene rings is 1. The predicted molar refractivity (Wildman–Crippen MR) is 100 cm³/mol. The van der Waals surface area contributed by atoms with Gasteiger partial charge in [-0.1, -0.05) is 18.5 Å². The molecule has 25 heavy (non-hydrogen) atoms. The zero-order chi connectivity index (χ0) is 18.0. The maximum absolute atomic E-state index is 12.5. The van der Waals surface area contributed by atoms with Crippen LogP contribution in [0, 0.1) is 19.8 Å². The van der Waals surface area contributed by atoms with Crippen LogP contribution in [-0.2, 0) is 11.2 Å². The van der Waals surface area contributed by atoms with Crippen molar-refractivity contribution in [2.24, 2.45) is 5.92 Å². The van der Waals surface area contributed by atoms with Crippen molar-refractivity contribution in [3.63, 3.8) is 0 Å². The van der Waals surface area contributed by atoms with Gasteiger partial charge in [-0.15, -0.1) is 0 Å². The Morgan fingerprint density at radius 2 is 2.08 bits per heavy atom. The number of aromatic nitrogens is 2. The van der Waals surface area contributed by atoms with E-state index in [0.29, 0.717) is 17.4 Å². The number of carbonyl (C=O) groups is 1. The maximum Gasteiger partial charge on any atom is 0.224 e. The summed E-state index contributed by atoms with van der Waals surface area (Å²) in [4.78, 5) is 12.5. The highest BCUT2D eigenvalue weighted by Gasteiger charge is 2.24. The van der Waals surface area contributed by atoms with E-state index in [-0.39, 0.29) is 11.9 Å². The van der Waals surface area contributed by atoms with E-state index in [1.54, 1.807) is 0 Å². The Kier molecular flexibility index (Phi) is 5.45. The van der Waals surface area contributed by atoms with Crippen LogP contribution in [0.25, 0.3) is 5.69 Å². The fraction of sp³-hybridized carbons (Fsp3) is 0.474. The molecule has 0 bridgehead atoms. The average molecular weight is 361 g/mol. The first-order chi connectivity index (χ1) is 12.0. The maximum atomic E-state index is 12.5. The number of hydrogen-bond donors (Lipinski definition) is 2. The number of hydrogen-bond acceptors (Lipinski definition) is 3. The molecule has 0 aliphatic carbocycles. The van der Waals surface area contributed by atoms with Gasteiger partial charge in [0.05, 0.1) is 17.8 Å². The van der Waals surface area contributed by atoms with Gasteiger partial charge in [-0.25, -0.2) is 4.68 Å². The van der Waals surface area contributed by atoms with Crippen LogP contribution in [0.1, 0.15) is 30.3 Å². The molecule has 1 aromatic carbocycles. The number of aryl methyl sites for hydroxylation is 1. The number of nitrogens with one attached hydrogen (secondary N) is 2. The van der Waals surface area contributed by atoms with E-state index in [2.05, 4.69) is 22.7 Å². The average Bonchev–Trinajstić information content (AvgIpc) is 2.86. The fourth-order valence-electron chi connectivity index (χ4n) is 3.41. The molecular weight excluding hydrogens is 336 g/mol. The molecular formula is C19H25ClN4O. The molecule has 6 heteroatoms. The van der Waals surface area contributed by atoms with Gasteiger partial charge in [0.15, 0.2) is 0 Å². The Labute approximate surface area is 153 Å². The standard InChI is InChI=1S/C19H25ClN4O/c1-12-11-21-9-8-18(12)22-19(25)10-17-13(2)23-24(14(17)3)16-6-4-15(20)5-7-16/h4-7,12,18,21H,8-11H2,1-3H3,(H,22,25). The third-order valence-electron chi connectivity index (χ3n) is 4.98. The summed E-state index contributed by atoms with van der Waals surface area (Å²) in [5.74, 6) is 0.525. The van der Waals surface area contributed by atoms with Crippen molar-refractivity contribution in [3.05, 3.63) is 46.2 Å². The SMILES string of the molecule is Cc1nn(-c2ccc(Cl)cc2)c(C)c1CC(=O)NC1CCNCC1C. The first kappa shape index (κ1) is 18.0. The number of nitrogens with zero attached hydrogens (tertiary/aromatic N) is 2. The molecule has 1 saturated heterocycles. The van der Waals surface area contributed by atoms with Crippen molar-refractivity contribution in [1.82, 2.24) is 20.4 Å². The van der Waals surface area contributed by atoms with Crippen LogP contribution in [0.4, 0.5) is 0 Å². The molecule has 0 radical (unpaired) electrons. The number of amides is 1. The van der Waals surface area contributed by atoms with Gasteiger partial charge in [0.2, 0.25) is 5.91 Å². The first-order valence-corrected chi connectivity index (χ1v) is 9.14. The summed E-state index contributed by atoms with van der Waals surface area (Å²) >= 11 is 5.96. The van der Waals surface area contributed by atoms with Crippen molar-refractivity contribution in [2.75, 3.05) is 13.1 Å². The Bertz CT molecular complexity index is 754. The largest absolute Gasteiger partial charge is 0.353 e. The van der Waals surface area contributed by atoms with Gasteiger partial charge in [0.25, 0.3) is 0 Å². The Balaban J connectivity index is 1.74. The van der Waals surface area contributed by atoms with Crippen LogP contribution >= 0.6 is 11.6 Å². The van der Waals surface area contributed by atoms with Crippen molar-refractivity contribution in [1.29, 1.82) is 0 Å². The van der Waals surface area contributed by atoms with Gasteiger partial charge in [0, 0.05) is 22.3 Å². The van der Waals surface area contributed by atoms with Crippen LogP contribution in [0.15, 0.2) is 24.3 Å². The lowest BCUT2D eigenvalue weighted by Gasteiger charge is -2.30. The number of carbonyl (C=O) groups excluding carboxylic acids is 1. The van der Waals surface area contributed by atoms with Crippen molar-refractivity contribution in [2.45, 2.75) is 39.7 Å². The van der Waals surface area contributed by atoms with Crippen LogP contribution in [0.2, 0.25) is 5.02 Å². The first-order valence-electron chi connectivity index (χ1n) is 8.77. The van der Waals surface area contributed by atoms with E-state index in [4.69, 9.17) is 11.6 Å². The molecule has 1 aliphatic heterocycles. The molecule has 1 fully saturated rings. The molecule has 1 aliphatic rings. The molecule has 134 valence electrons. The summed E-state index contributed by atoms with van der Waals surface area (Å²) < 4.78 is 1.88. The second kappa shape index (κ2) is 7.58. The van der Waals surface area contributed by atoms with Gasteiger partial charge in [-0.05, 0) is 63.5 Å². The number of piperidine rings is 1. The molecule has 1 amide bonds. The zero-order valence-electron chi connectivity index (χ0n) is 15.0. The molecule has 2 heterocycles. The fourth-order valence-corrected chi connectivity index (χ4v) is 3.54. The van der Waals surface area contributed by atoms with Crippen LogP contribution in [-0.4, -0.2) is 34.8 Å². The number of halogens is 1. The van der Waals surface area contributed by atoms with Crippen molar-refractivity contribution >= 4 is 17.5 Å². The van der Waals surface area contributed by atoms with E-state index >= 15 is 0 Å². The molecule has 2 atom stereocenters. The number of rotatable bonds is 4. The van der Waals surface area contributed by atoms with E-state index in [0.717, 1.165) is 42.1 Å². The van der Waals surface area contributed by atoms with E-state index in [1.165, 1.54) is 0 Å². The highest BCUT2D eigenvalue weighted by atomic mass is 35.5. The van der Waals surface area contributed by atoms with Gasteiger partial charge < -0.3 is 10.6 Å². The lowest BCUT2D eigenvalue weighted by Crippen LogP contribution is -2.48. The van der Waals surface area contributed by atoms with E-state index in [9.17, 15) is 4.79 Å². The highest BCUT2D eigenvalue weighted by molar-refractivity contribution is 6.30. The monoisotopic (exact) mass is 360 g/mol. The third-order valence-corrected chi connectivity index (χ3v) is 5.23. The predicted octanol–water partition coefficient (Wildman–Crippen LogP) is 2.80. The quantitative estimate of drug-likeness (QED) is 0.881. The summed E-state index contributed by atoms with van der Waals surface area (Å²) in [6, 6.07) is 7.81. The lowest BCUT2D eigenvalue weighted by atomic mass is 9.95. The van der Waals surface area contributed by atoms with Crippen molar-refractivity contribution < 1.29 is 4.79 Å². The smallest absolute Gasteiger partial charge is 0.224 e. The molecule has 0 spiro atoms.